The summed E-state index contributed by atoms with van der Waals surface area (Å²) in [5.41, 5.74) is 2.89. The Bertz CT molecular complexity index is 768. The Morgan fingerprint density at radius 2 is 2.09 bits per heavy atom. The molecule has 0 fully saturated rings. The molecule has 3 aromatic heterocycles. The van der Waals surface area contributed by atoms with E-state index in [9.17, 15) is 4.39 Å². The molecule has 112 valence electrons. The molecule has 0 aliphatic rings. The first-order valence-electron chi connectivity index (χ1n) is 7.21. The van der Waals surface area contributed by atoms with E-state index in [0.717, 1.165) is 29.8 Å². The van der Waals surface area contributed by atoms with E-state index >= 15 is 0 Å². The summed E-state index contributed by atoms with van der Waals surface area (Å²) in [5.74, 6) is -0.197. The van der Waals surface area contributed by atoms with E-state index in [2.05, 4.69) is 27.0 Å². The zero-order chi connectivity index (χ0) is 15.4. The Morgan fingerprint density at radius 1 is 1.18 bits per heavy atom. The monoisotopic (exact) mass is 297 g/mol. The number of aromatic nitrogens is 5. The lowest BCUT2D eigenvalue weighted by atomic mass is 10.1. The molecule has 0 amide bonds. The van der Waals surface area contributed by atoms with Gasteiger partial charge < -0.3 is 0 Å². The summed E-state index contributed by atoms with van der Waals surface area (Å²) in [6, 6.07) is 4.79. The SMILES string of the molecule is CCCc1cncnc1Cc1ccnn1-c1ncccc1F. The Kier molecular flexibility index (Phi) is 4.18. The summed E-state index contributed by atoms with van der Waals surface area (Å²) in [7, 11) is 0. The summed E-state index contributed by atoms with van der Waals surface area (Å²) >= 11 is 0. The van der Waals surface area contributed by atoms with Crippen molar-refractivity contribution in [3.05, 3.63) is 65.9 Å². The molecule has 0 saturated carbocycles. The molecule has 0 bridgehead atoms. The van der Waals surface area contributed by atoms with Gasteiger partial charge in [0.1, 0.15) is 6.33 Å². The highest BCUT2D eigenvalue weighted by molar-refractivity contribution is 5.29. The molecular weight excluding hydrogens is 281 g/mol. The van der Waals surface area contributed by atoms with Gasteiger partial charge in [0.05, 0.1) is 11.4 Å². The summed E-state index contributed by atoms with van der Waals surface area (Å²) < 4.78 is 15.4. The third-order valence-corrected chi connectivity index (χ3v) is 3.41. The first-order valence-corrected chi connectivity index (χ1v) is 7.21. The minimum absolute atomic E-state index is 0.202. The molecule has 0 unspecified atom stereocenters. The minimum atomic E-state index is -0.399. The van der Waals surface area contributed by atoms with Crippen LogP contribution in [0.15, 0.2) is 43.1 Å². The van der Waals surface area contributed by atoms with Crippen molar-refractivity contribution in [1.29, 1.82) is 0 Å². The normalized spacial score (nSPS) is 10.8. The van der Waals surface area contributed by atoms with E-state index in [1.54, 1.807) is 18.5 Å². The fraction of sp³-hybridized carbons (Fsp3) is 0.250. The van der Waals surface area contributed by atoms with E-state index in [0.29, 0.717) is 6.42 Å². The summed E-state index contributed by atoms with van der Waals surface area (Å²) in [6.45, 7) is 2.12. The van der Waals surface area contributed by atoms with Crippen LogP contribution in [0, 0.1) is 5.82 Å². The summed E-state index contributed by atoms with van der Waals surface area (Å²) in [5, 5.41) is 4.19. The molecule has 0 aromatic carbocycles. The smallest absolute Gasteiger partial charge is 0.189 e. The number of aryl methyl sites for hydroxylation is 1. The molecule has 0 saturated heterocycles. The number of hydrogen-bond donors (Lipinski definition) is 0. The van der Waals surface area contributed by atoms with Gasteiger partial charge in [-0.1, -0.05) is 13.3 Å². The highest BCUT2D eigenvalue weighted by Crippen LogP contribution is 2.16. The second-order valence-electron chi connectivity index (χ2n) is 4.96. The predicted molar refractivity (Wildman–Crippen MR) is 80.2 cm³/mol. The number of nitrogens with zero attached hydrogens (tertiary/aromatic N) is 5. The maximum atomic E-state index is 13.9. The van der Waals surface area contributed by atoms with Crippen LogP contribution < -0.4 is 0 Å². The van der Waals surface area contributed by atoms with Crippen molar-refractivity contribution in [2.45, 2.75) is 26.2 Å². The summed E-state index contributed by atoms with van der Waals surface area (Å²) in [4.78, 5) is 12.5. The molecule has 0 aliphatic heterocycles. The van der Waals surface area contributed by atoms with Crippen molar-refractivity contribution in [1.82, 2.24) is 24.7 Å². The molecule has 3 aromatic rings. The lowest BCUT2D eigenvalue weighted by Gasteiger charge is -2.09. The van der Waals surface area contributed by atoms with Crippen LogP contribution in [0.3, 0.4) is 0 Å². The van der Waals surface area contributed by atoms with Gasteiger partial charge in [-0.25, -0.2) is 24.0 Å². The first-order chi connectivity index (χ1) is 10.8. The molecule has 3 rings (SSSR count). The standard InChI is InChI=1S/C16H16FN5/c1-2-4-12-10-18-11-20-15(12)9-13-6-8-21-22(13)16-14(17)5-3-7-19-16/h3,5-8,10-11H,2,4,9H2,1H3. The van der Waals surface area contributed by atoms with Crippen molar-refractivity contribution in [3.8, 4) is 5.82 Å². The van der Waals surface area contributed by atoms with Gasteiger partial charge in [-0.2, -0.15) is 5.10 Å². The minimum Gasteiger partial charge on any atom is -0.245 e. The zero-order valence-electron chi connectivity index (χ0n) is 12.3. The second-order valence-corrected chi connectivity index (χ2v) is 4.96. The highest BCUT2D eigenvalue weighted by Gasteiger charge is 2.13. The number of halogens is 1. The van der Waals surface area contributed by atoms with Crippen LogP contribution in [0.4, 0.5) is 4.39 Å². The van der Waals surface area contributed by atoms with Gasteiger partial charge in [-0.15, -0.1) is 0 Å². The van der Waals surface area contributed by atoms with Crippen LogP contribution in [0.2, 0.25) is 0 Å². The van der Waals surface area contributed by atoms with Crippen LogP contribution in [0.25, 0.3) is 5.82 Å². The Morgan fingerprint density at radius 3 is 2.91 bits per heavy atom. The van der Waals surface area contributed by atoms with Crippen LogP contribution >= 0.6 is 0 Å². The Labute approximate surface area is 127 Å². The second kappa shape index (κ2) is 6.43. The van der Waals surface area contributed by atoms with Gasteiger partial charge in [0, 0.05) is 25.0 Å². The number of pyridine rings is 1. The van der Waals surface area contributed by atoms with E-state index < -0.39 is 5.82 Å². The largest absolute Gasteiger partial charge is 0.245 e. The van der Waals surface area contributed by atoms with E-state index in [-0.39, 0.29) is 5.82 Å². The molecule has 0 N–H and O–H groups in total. The van der Waals surface area contributed by atoms with Crippen LogP contribution in [-0.2, 0) is 12.8 Å². The molecule has 3 heterocycles. The molecule has 0 spiro atoms. The van der Waals surface area contributed by atoms with Gasteiger partial charge in [0.2, 0.25) is 0 Å². The highest BCUT2D eigenvalue weighted by atomic mass is 19.1. The molecule has 22 heavy (non-hydrogen) atoms. The molecule has 0 atom stereocenters. The van der Waals surface area contributed by atoms with E-state index in [4.69, 9.17) is 0 Å². The average Bonchev–Trinajstić information content (AvgIpc) is 2.98. The Hall–Kier alpha value is -2.63. The van der Waals surface area contributed by atoms with Gasteiger partial charge >= 0.3 is 0 Å². The van der Waals surface area contributed by atoms with Gasteiger partial charge in [0.25, 0.3) is 0 Å². The lowest BCUT2D eigenvalue weighted by Crippen LogP contribution is -2.09. The van der Waals surface area contributed by atoms with Gasteiger partial charge in [-0.05, 0) is 30.2 Å². The van der Waals surface area contributed by atoms with Crippen molar-refractivity contribution < 1.29 is 4.39 Å². The predicted octanol–water partition coefficient (Wildman–Crippen LogP) is 2.74. The number of hydrogen-bond acceptors (Lipinski definition) is 4. The molecular formula is C16H16FN5. The topological polar surface area (TPSA) is 56.5 Å². The fourth-order valence-electron chi connectivity index (χ4n) is 2.38. The molecule has 5 nitrogen and oxygen atoms in total. The first kappa shape index (κ1) is 14.3. The fourth-order valence-corrected chi connectivity index (χ4v) is 2.38. The lowest BCUT2D eigenvalue weighted by molar-refractivity contribution is 0.596. The molecule has 0 aliphatic carbocycles. The van der Waals surface area contributed by atoms with E-state index in [1.807, 2.05) is 12.3 Å². The maximum absolute atomic E-state index is 13.9. The summed E-state index contributed by atoms with van der Waals surface area (Å²) in [6.07, 6.45) is 9.08. The maximum Gasteiger partial charge on any atom is 0.189 e. The van der Waals surface area contributed by atoms with Gasteiger partial charge in [0.15, 0.2) is 11.6 Å². The van der Waals surface area contributed by atoms with Crippen LogP contribution in [0.5, 0.6) is 0 Å². The quantitative estimate of drug-likeness (QED) is 0.726. The van der Waals surface area contributed by atoms with Crippen LogP contribution in [-0.4, -0.2) is 24.7 Å². The third-order valence-electron chi connectivity index (χ3n) is 3.41. The molecule has 6 heteroatoms. The van der Waals surface area contributed by atoms with Crippen LogP contribution in [0.1, 0.15) is 30.3 Å². The van der Waals surface area contributed by atoms with E-state index in [1.165, 1.54) is 17.1 Å². The van der Waals surface area contributed by atoms with Crippen molar-refractivity contribution in [2.24, 2.45) is 0 Å². The Balaban J connectivity index is 1.96. The zero-order valence-corrected chi connectivity index (χ0v) is 12.3. The van der Waals surface area contributed by atoms with Gasteiger partial charge in [-0.3, -0.25) is 0 Å². The van der Waals surface area contributed by atoms with Crippen molar-refractivity contribution >= 4 is 0 Å². The van der Waals surface area contributed by atoms with Crippen molar-refractivity contribution in [3.63, 3.8) is 0 Å². The average molecular weight is 297 g/mol. The molecule has 0 radical (unpaired) electrons. The van der Waals surface area contributed by atoms with Crippen molar-refractivity contribution in [2.75, 3.05) is 0 Å². The number of rotatable bonds is 5. The third kappa shape index (κ3) is 2.86.